The molecule has 0 saturated carbocycles. The van der Waals surface area contributed by atoms with Crippen molar-refractivity contribution in [1.82, 2.24) is 0 Å². The summed E-state index contributed by atoms with van der Waals surface area (Å²) in [6.07, 6.45) is 0. The molecule has 1 N–H and O–H groups in total. The maximum Gasteiger partial charge on any atom is 0.0992 e. The van der Waals surface area contributed by atoms with Crippen LogP contribution in [-0.2, 0) is 6.54 Å². The Morgan fingerprint density at radius 3 is 2.67 bits per heavy atom. The summed E-state index contributed by atoms with van der Waals surface area (Å²) in [6.45, 7) is 2.80. The Kier molecular flexibility index (Phi) is 3.86. The molecule has 0 heterocycles. The molecule has 0 atom stereocenters. The van der Waals surface area contributed by atoms with Gasteiger partial charge in [0.25, 0.3) is 0 Å². The van der Waals surface area contributed by atoms with Gasteiger partial charge in [0.05, 0.1) is 22.3 Å². The number of nitrogens with zero attached hydrogens (tertiary/aromatic N) is 1. The third kappa shape index (κ3) is 2.82. The summed E-state index contributed by atoms with van der Waals surface area (Å²) in [7, 11) is 0. The molecule has 90 valence electrons. The number of benzene rings is 2. The van der Waals surface area contributed by atoms with E-state index in [1.165, 1.54) is 11.1 Å². The molecular weight excluding hydrogens is 244 g/mol. The molecule has 2 aromatic rings. The minimum Gasteiger partial charge on any atom is -0.380 e. The van der Waals surface area contributed by atoms with Gasteiger partial charge in [-0.15, -0.1) is 0 Å². The number of hydrogen-bond acceptors (Lipinski definition) is 2. The highest BCUT2D eigenvalue weighted by molar-refractivity contribution is 6.33. The molecule has 0 aliphatic carbocycles. The van der Waals surface area contributed by atoms with Crippen molar-refractivity contribution in [3.63, 3.8) is 0 Å². The number of nitrogens with one attached hydrogen (secondary N) is 1. The van der Waals surface area contributed by atoms with E-state index >= 15 is 0 Å². The van der Waals surface area contributed by atoms with Gasteiger partial charge in [-0.2, -0.15) is 5.26 Å². The number of halogens is 1. The van der Waals surface area contributed by atoms with Gasteiger partial charge in [0, 0.05) is 6.54 Å². The number of anilines is 1. The fourth-order valence-corrected chi connectivity index (χ4v) is 1.97. The van der Waals surface area contributed by atoms with Gasteiger partial charge in [0.15, 0.2) is 0 Å². The van der Waals surface area contributed by atoms with Crippen LogP contribution < -0.4 is 5.32 Å². The number of nitriles is 1. The van der Waals surface area contributed by atoms with Gasteiger partial charge in [-0.05, 0) is 36.2 Å². The van der Waals surface area contributed by atoms with E-state index in [-0.39, 0.29) is 0 Å². The van der Waals surface area contributed by atoms with Crippen molar-refractivity contribution in [3.05, 3.63) is 64.2 Å². The topological polar surface area (TPSA) is 35.8 Å². The van der Waals surface area contributed by atoms with Gasteiger partial charge < -0.3 is 5.32 Å². The van der Waals surface area contributed by atoms with Crippen LogP contribution in [0.5, 0.6) is 0 Å². The highest BCUT2D eigenvalue weighted by Gasteiger charge is 2.02. The first kappa shape index (κ1) is 12.5. The normalized spacial score (nSPS) is 9.83. The van der Waals surface area contributed by atoms with Crippen LogP contribution in [0.25, 0.3) is 0 Å². The number of rotatable bonds is 3. The lowest BCUT2D eigenvalue weighted by molar-refractivity contribution is 1.12. The molecule has 0 spiro atoms. The largest absolute Gasteiger partial charge is 0.380 e. The summed E-state index contributed by atoms with van der Waals surface area (Å²) >= 11 is 6.10. The molecule has 0 saturated heterocycles. The summed E-state index contributed by atoms with van der Waals surface area (Å²) in [5, 5.41) is 12.6. The third-order valence-corrected chi connectivity index (χ3v) is 3.14. The fraction of sp³-hybridized carbons (Fsp3) is 0.133. The maximum absolute atomic E-state index is 8.77. The van der Waals surface area contributed by atoms with E-state index in [0.717, 1.165) is 12.2 Å². The Hall–Kier alpha value is -1.98. The van der Waals surface area contributed by atoms with Crippen LogP contribution in [0.1, 0.15) is 16.7 Å². The minimum atomic E-state index is 0.571. The lowest BCUT2D eigenvalue weighted by atomic mass is 10.1. The summed E-state index contributed by atoms with van der Waals surface area (Å²) in [4.78, 5) is 0. The minimum absolute atomic E-state index is 0.571. The van der Waals surface area contributed by atoms with Gasteiger partial charge >= 0.3 is 0 Å². The smallest absolute Gasteiger partial charge is 0.0992 e. The second kappa shape index (κ2) is 5.57. The highest BCUT2D eigenvalue weighted by atomic mass is 35.5. The average molecular weight is 257 g/mol. The van der Waals surface area contributed by atoms with E-state index in [1.807, 2.05) is 18.2 Å². The molecule has 2 aromatic carbocycles. The predicted molar refractivity (Wildman–Crippen MR) is 74.7 cm³/mol. The number of aryl methyl sites for hydroxylation is 1. The molecule has 2 nitrogen and oxygen atoms in total. The molecular formula is C15H13ClN2. The van der Waals surface area contributed by atoms with E-state index in [4.69, 9.17) is 16.9 Å². The molecule has 0 unspecified atom stereocenters. The summed E-state index contributed by atoms with van der Waals surface area (Å²) in [5.41, 5.74) is 3.90. The Morgan fingerprint density at radius 1 is 1.22 bits per heavy atom. The molecule has 0 aliphatic heterocycles. The van der Waals surface area contributed by atoms with E-state index in [0.29, 0.717) is 10.6 Å². The predicted octanol–water partition coefficient (Wildman–Crippen LogP) is 4.13. The van der Waals surface area contributed by atoms with E-state index < -0.39 is 0 Å². The van der Waals surface area contributed by atoms with Crippen LogP contribution in [0.4, 0.5) is 5.69 Å². The zero-order chi connectivity index (χ0) is 13.0. The zero-order valence-corrected chi connectivity index (χ0v) is 10.8. The first-order chi connectivity index (χ1) is 8.70. The van der Waals surface area contributed by atoms with E-state index in [9.17, 15) is 0 Å². The fourth-order valence-electron chi connectivity index (χ4n) is 1.73. The lowest BCUT2D eigenvalue weighted by Gasteiger charge is -2.10. The molecule has 0 radical (unpaired) electrons. The Morgan fingerprint density at radius 2 is 2.00 bits per heavy atom. The first-order valence-electron chi connectivity index (χ1n) is 5.69. The lowest BCUT2D eigenvalue weighted by Crippen LogP contribution is -2.01. The van der Waals surface area contributed by atoms with Crippen LogP contribution >= 0.6 is 11.6 Å². The molecule has 0 aliphatic rings. The molecule has 2 rings (SSSR count). The standard InChI is InChI=1S/C15H13ClN2/c1-11-4-2-3-5-13(11)10-18-15-7-6-12(9-17)8-14(15)16/h2-8,18H,10H2,1H3. The van der Waals surface area contributed by atoms with Gasteiger partial charge in [0.2, 0.25) is 0 Å². The van der Waals surface area contributed by atoms with Crippen molar-refractivity contribution in [2.45, 2.75) is 13.5 Å². The third-order valence-electron chi connectivity index (χ3n) is 2.83. The molecule has 0 fully saturated rings. The molecule has 18 heavy (non-hydrogen) atoms. The van der Waals surface area contributed by atoms with Gasteiger partial charge in [0.1, 0.15) is 0 Å². The van der Waals surface area contributed by atoms with Crippen molar-refractivity contribution in [2.24, 2.45) is 0 Å². The van der Waals surface area contributed by atoms with E-state index in [1.54, 1.807) is 12.1 Å². The second-order valence-corrected chi connectivity index (χ2v) is 4.49. The van der Waals surface area contributed by atoms with Crippen LogP contribution in [0.3, 0.4) is 0 Å². The average Bonchev–Trinajstić information content (AvgIpc) is 2.39. The summed E-state index contributed by atoms with van der Waals surface area (Å²) in [6, 6.07) is 15.5. The van der Waals surface area contributed by atoms with Crippen LogP contribution in [0.15, 0.2) is 42.5 Å². The quantitative estimate of drug-likeness (QED) is 0.896. The van der Waals surface area contributed by atoms with Crippen molar-refractivity contribution < 1.29 is 0 Å². The molecule has 0 aromatic heterocycles. The monoisotopic (exact) mass is 256 g/mol. The second-order valence-electron chi connectivity index (χ2n) is 4.09. The van der Waals surface area contributed by atoms with Crippen LogP contribution in [0, 0.1) is 18.3 Å². The van der Waals surface area contributed by atoms with Crippen molar-refractivity contribution >= 4 is 17.3 Å². The van der Waals surface area contributed by atoms with Crippen molar-refractivity contribution in [1.29, 1.82) is 5.26 Å². The van der Waals surface area contributed by atoms with Gasteiger partial charge in [-0.3, -0.25) is 0 Å². The van der Waals surface area contributed by atoms with Crippen LogP contribution in [0.2, 0.25) is 5.02 Å². The van der Waals surface area contributed by atoms with Gasteiger partial charge in [-0.1, -0.05) is 35.9 Å². The zero-order valence-electron chi connectivity index (χ0n) is 10.1. The Balaban J connectivity index is 2.12. The summed E-state index contributed by atoms with van der Waals surface area (Å²) < 4.78 is 0. The Labute approximate surface area is 112 Å². The maximum atomic E-state index is 8.77. The molecule has 0 bridgehead atoms. The SMILES string of the molecule is Cc1ccccc1CNc1ccc(C#N)cc1Cl. The van der Waals surface area contributed by atoms with Crippen molar-refractivity contribution in [2.75, 3.05) is 5.32 Å². The Bertz CT molecular complexity index is 600. The van der Waals surface area contributed by atoms with Crippen LogP contribution in [-0.4, -0.2) is 0 Å². The first-order valence-corrected chi connectivity index (χ1v) is 6.06. The summed E-state index contributed by atoms with van der Waals surface area (Å²) in [5.74, 6) is 0. The van der Waals surface area contributed by atoms with Crippen molar-refractivity contribution in [3.8, 4) is 6.07 Å². The highest BCUT2D eigenvalue weighted by Crippen LogP contribution is 2.23. The molecule has 3 heteroatoms. The van der Waals surface area contributed by atoms with Gasteiger partial charge in [-0.25, -0.2) is 0 Å². The molecule has 0 amide bonds. The number of hydrogen-bond donors (Lipinski definition) is 1. The van der Waals surface area contributed by atoms with E-state index in [2.05, 4.69) is 30.4 Å².